The lowest BCUT2D eigenvalue weighted by molar-refractivity contribution is 0.296. The summed E-state index contributed by atoms with van der Waals surface area (Å²) in [5.41, 5.74) is 0. The first-order chi connectivity index (χ1) is 8.92. The van der Waals surface area contributed by atoms with Crippen LogP contribution in [0.4, 0.5) is 0 Å². The zero-order valence-electron chi connectivity index (χ0n) is 11.9. The topological polar surface area (TPSA) is 15.3 Å². The van der Waals surface area contributed by atoms with Gasteiger partial charge in [0.05, 0.1) is 0 Å². The van der Waals surface area contributed by atoms with E-state index in [0.29, 0.717) is 0 Å². The van der Waals surface area contributed by atoms with E-state index in [4.69, 9.17) is 0 Å². The largest absolute Gasteiger partial charge is 0.314 e. The van der Waals surface area contributed by atoms with Crippen LogP contribution < -0.4 is 5.32 Å². The molecule has 0 amide bonds. The molecule has 3 fully saturated rings. The molecule has 0 spiro atoms. The Morgan fingerprint density at radius 3 is 2.28 bits per heavy atom. The Labute approximate surface area is 113 Å². The quantitative estimate of drug-likeness (QED) is 0.755. The Morgan fingerprint density at radius 1 is 0.833 bits per heavy atom. The summed E-state index contributed by atoms with van der Waals surface area (Å²) in [5.74, 6) is 2.13. The molecule has 1 heterocycles. The van der Waals surface area contributed by atoms with E-state index in [0.717, 1.165) is 17.9 Å². The van der Waals surface area contributed by atoms with Gasteiger partial charge in [-0.05, 0) is 57.0 Å². The molecule has 2 unspecified atom stereocenters. The Morgan fingerprint density at radius 2 is 1.56 bits per heavy atom. The smallest absolute Gasteiger partial charge is 0.00670 e. The number of likely N-dealkylation sites (tertiary alicyclic amines) is 1. The average Bonchev–Trinajstić information content (AvgIpc) is 2.96. The summed E-state index contributed by atoms with van der Waals surface area (Å²) in [7, 11) is 0. The first kappa shape index (κ1) is 12.9. The van der Waals surface area contributed by atoms with Crippen molar-refractivity contribution in [1.82, 2.24) is 10.2 Å². The molecule has 1 saturated heterocycles. The van der Waals surface area contributed by atoms with Crippen molar-refractivity contribution in [1.29, 1.82) is 0 Å². The molecule has 104 valence electrons. The van der Waals surface area contributed by atoms with Gasteiger partial charge in [0.15, 0.2) is 0 Å². The van der Waals surface area contributed by atoms with Crippen LogP contribution in [0.1, 0.15) is 57.8 Å². The number of nitrogens with zero attached hydrogens (tertiary/aromatic N) is 1. The van der Waals surface area contributed by atoms with Crippen molar-refractivity contribution in [2.24, 2.45) is 11.8 Å². The third-order valence-electron chi connectivity index (χ3n) is 5.49. The molecule has 3 aliphatic rings. The van der Waals surface area contributed by atoms with Crippen molar-refractivity contribution in [2.75, 3.05) is 26.2 Å². The predicted molar refractivity (Wildman–Crippen MR) is 76.8 cm³/mol. The zero-order chi connectivity index (χ0) is 12.2. The van der Waals surface area contributed by atoms with Gasteiger partial charge < -0.3 is 10.2 Å². The van der Waals surface area contributed by atoms with Crippen molar-refractivity contribution in [3.8, 4) is 0 Å². The molecule has 18 heavy (non-hydrogen) atoms. The normalized spacial score (nSPS) is 34.0. The lowest BCUT2D eigenvalue weighted by atomic mass is 9.95. The second-order valence-electron chi connectivity index (χ2n) is 6.85. The van der Waals surface area contributed by atoms with Crippen molar-refractivity contribution < 1.29 is 0 Å². The van der Waals surface area contributed by atoms with E-state index in [1.165, 1.54) is 84.0 Å². The van der Waals surface area contributed by atoms with Gasteiger partial charge in [-0.1, -0.05) is 25.7 Å². The Balaban J connectivity index is 1.26. The molecule has 2 atom stereocenters. The van der Waals surface area contributed by atoms with E-state index in [1.54, 1.807) is 0 Å². The molecule has 0 aromatic heterocycles. The molecule has 1 aliphatic heterocycles. The second kappa shape index (κ2) is 6.38. The van der Waals surface area contributed by atoms with Gasteiger partial charge in [-0.25, -0.2) is 0 Å². The number of hydrogen-bond donors (Lipinski definition) is 1. The van der Waals surface area contributed by atoms with Crippen LogP contribution in [0.5, 0.6) is 0 Å². The first-order valence-corrected chi connectivity index (χ1v) is 8.37. The summed E-state index contributed by atoms with van der Waals surface area (Å²) < 4.78 is 0. The molecule has 2 heteroatoms. The molecule has 0 radical (unpaired) electrons. The fourth-order valence-electron chi connectivity index (χ4n) is 4.43. The number of rotatable bonds is 5. The lowest BCUT2D eigenvalue weighted by Crippen LogP contribution is -2.33. The van der Waals surface area contributed by atoms with Gasteiger partial charge in [0.2, 0.25) is 0 Å². The number of nitrogens with one attached hydrogen (secondary N) is 1. The van der Waals surface area contributed by atoms with Crippen molar-refractivity contribution in [3.63, 3.8) is 0 Å². The molecule has 1 N–H and O–H groups in total. The van der Waals surface area contributed by atoms with Gasteiger partial charge in [0.1, 0.15) is 0 Å². The van der Waals surface area contributed by atoms with Gasteiger partial charge in [-0.15, -0.1) is 0 Å². The molecule has 2 saturated carbocycles. The van der Waals surface area contributed by atoms with E-state index < -0.39 is 0 Å². The van der Waals surface area contributed by atoms with Crippen LogP contribution in [-0.2, 0) is 0 Å². The summed E-state index contributed by atoms with van der Waals surface area (Å²) in [5, 5.41) is 3.77. The van der Waals surface area contributed by atoms with Crippen molar-refractivity contribution in [2.45, 2.75) is 63.8 Å². The van der Waals surface area contributed by atoms with Crippen molar-refractivity contribution in [3.05, 3.63) is 0 Å². The monoisotopic (exact) mass is 250 g/mol. The molecule has 0 aromatic carbocycles. The van der Waals surface area contributed by atoms with E-state index in [-0.39, 0.29) is 0 Å². The highest BCUT2D eigenvalue weighted by Gasteiger charge is 2.35. The zero-order valence-corrected chi connectivity index (χ0v) is 11.9. The second-order valence-corrected chi connectivity index (χ2v) is 6.85. The molecular weight excluding hydrogens is 220 g/mol. The maximum absolute atomic E-state index is 3.77. The summed E-state index contributed by atoms with van der Waals surface area (Å²) in [6.45, 7) is 5.41. The Kier molecular flexibility index (Phi) is 4.58. The molecule has 0 bridgehead atoms. The third kappa shape index (κ3) is 3.27. The summed E-state index contributed by atoms with van der Waals surface area (Å²) in [6, 6.07) is 0.844. The van der Waals surface area contributed by atoms with E-state index >= 15 is 0 Å². The van der Waals surface area contributed by atoms with Crippen LogP contribution in [0.3, 0.4) is 0 Å². The molecule has 2 nitrogen and oxygen atoms in total. The van der Waals surface area contributed by atoms with Crippen LogP contribution in [0.15, 0.2) is 0 Å². The summed E-state index contributed by atoms with van der Waals surface area (Å²) in [6.07, 6.45) is 13.1. The molecule has 2 aliphatic carbocycles. The van der Waals surface area contributed by atoms with Crippen molar-refractivity contribution >= 4 is 0 Å². The number of fused-ring (bicyclic) bond motifs is 1. The highest BCUT2D eigenvalue weighted by Crippen LogP contribution is 2.37. The van der Waals surface area contributed by atoms with Crippen LogP contribution >= 0.6 is 0 Å². The summed E-state index contributed by atoms with van der Waals surface area (Å²) in [4.78, 5) is 2.73. The maximum atomic E-state index is 3.77. The van der Waals surface area contributed by atoms with Gasteiger partial charge in [0.25, 0.3) is 0 Å². The highest BCUT2D eigenvalue weighted by molar-refractivity contribution is 4.88. The van der Waals surface area contributed by atoms with Gasteiger partial charge >= 0.3 is 0 Å². The first-order valence-electron chi connectivity index (χ1n) is 8.37. The van der Waals surface area contributed by atoms with Crippen LogP contribution in [0.2, 0.25) is 0 Å². The standard InChI is InChI=1S/C16H30N2/c1-2-8-16(9-3-1)17-10-5-11-18-12-14-6-4-7-15(14)13-18/h14-17H,1-13H2. The third-order valence-corrected chi connectivity index (χ3v) is 5.49. The van der Waals surface area contributed by atoms with Gasteiger partial charge in [0, 0.05) is 19.1 Å². The van der Waals surface area contributed by atoms with E-state index in [1.807, 2.05) is 0 Å². The van der Waals surface area contributed by atoms with E-state index in [9.17, 15) is 0 Å². The maximum Gasteiger partial charge on any atom is 0.00670 e. The fraction of sp³-hybridized carbons (Fsp3) is 1.00. The highest BCUT2D eigenvalue weighted by atomic mass is 15.2. The summed E-state index contributed by atoms with van der Waals surface area (Å²) >= 11 is 0. The van der Waals surface area contributed by atoms with E-state index in [2.05, 4.69) is 10.2 Å². The fourth-order valence-corrected chi connectivity index (χ4v) is 4.43. The SMILES string of the molecule is C1CCC(NCCCN2CC3CCCC3C2)CC1. The molecule has 3 rings (SSSR count). The van der Waals surface area contributed by atoms with Gasteiger partial charge in [-0.3, -0.25) is 0 Å². The minimum atomic E-state index is 0.844. The minimum Gasteiger partial charge on any atom is -0.314 e. The van der Waals surface area contributed by atoms with Crippen LogP contribution in [0.25, 0.3) is 0 Å². The van der Waals surface area contributed by atoms with Crippen LogP contribution in [0, 0.1) is 11.8 Å². The Hall–Kier alpha value is -0.0800. The number of hydrogen-bond acceptors (Lipinski definition) is 2. The molecular formula is C16H30N2. The molecule has 0 aromatic rings. The average molecular weight is 250 g/mol. The van der Waals surface area contributed by atoms with Crippen LogP contribution in [-0.4, -0.2) is 37.1 Å². The predicted octanol–water partition coefficient (Wildman–Crippen LogP) is 3.03. The lowest BCUT2D eigenvalue weighted by Gasteiger charge is -2.23. The Bertz CT molecular complexity index is 235. The minimum absolute atomic E-state index is 0.844. The van der Waals surface area contributed by atoms with Gasteiger partial charge in [-0.2, -0.15) is 0 Å².